The summed E-state index contributed by atoms with van der Waals surface area (Å²) in [5, 5.41) is 13.7. The van der Waals surface area contributed by atoms with Crippen molar-refractivity contribution in [3.63, 3.8) is 0 Å². The second kappa shape index (κ2) is 4.38. The van der Waals surface area contributed by atoms with Gasteiger partial charge in [0.25, 0.3) is 0 Å². The normalized spacial score (nSPS) is 15.3. The van der Waals surface area contributed by atoms with Crippen LogP contribution < -0.4 is 10.1 Å². The number of carbonyl (C=O) groups excluding carboxylic acids is 1. The van der Waals surface area contributed by atoms with Gasteiger partial charge in [-0.1, -0.05) is 0 Å². The number of ether oxygens (including phenoxy) is 1. The second-order valence-electron chi connectivity index (χ2n) is 4.85. The lowest BCUT2D eigenvalue weighted by molar-refractivity contribution is -0.384. The lowest BCUT2D eigenvalue weighted by Crippen LogP contribution is -2.27. The van der Waals surface area contributed by atoms with Gasteiger partial charge in [0.05, 0.1) is 10.5 Å². The van der Waals surface area contributed by atoms with Crippen LogP contribution in [-0.2, 0) is 4.79 Å². The van der Waals surface area contributed by atoms with Crippen LogP contribution in [0.2, 0.25) is 0 Å². The van der Waals surface area contributed by atoms with Crippen LogP contribution in [-0.4, -0.2) is 16.4 Å². The molecule has 0 radical (unpaired) electrons. The van der Waals surface area contributed by atoms with Crippen LogP contribution in [0.1, 0.15) is 26.3 Å². The summed E-state index contributed by atoms with van der Waals surface area (Å²) in [6.07, 6.45) is 3.40. The van der Waals surface area contributed by atoms with Gasteiger partial charge in [0.2, 0.25) is 5.91 Å². The van der Waals surface area contributed by atoms with E-state index in [1.165, 1.54) is 13.0 Å². The molecule has 6 nitrogen and oxygen atoms in total. The van der Waals surface area contributed by atoms with Crippen LogP contribution in [0.3, 0.4) is 0 Å². The molecular weight excluding hydrogens is 248 g/mol. The summed E-state index contributed by atoms with van der Waals surface area (Å²) < 4.78 is 5.67. The molecule has 6 heteroatoms. The third kappa shape index (κ3) is 2.57. The Morgan fingerprint density at radius 3 is 2.68 bits per heavy atom. The van der Waals surface area contributed by atoms with E-state index < -0.39 is 10.5 Å². The molecule has 2 rings (SSSR count). The van der Waals surface area contributed by atoms with E-state index in [1.807, 2.05) is 13.8 Å². The molecule has 1 aliphatic heterocycles. The number of amides is 1. The predicted octanol–water partition coefficient (Wildman–Crippen LogP) is 2.74. The summed E-state index contributed by atoms with van der Waals surface area (Å²) in [4.78, 5) is 21.8. The third-order valence-corrected chi connectivity index (χ3v) is 2.69. The van der Waals surface area contributed by atoms with E-state index in [0.717, 1.165) is 0 Å². The van der Waals surface area contributed by atoms with Crippen molar-refractivity contribution in [1.82, 2.24) is 0 Å². The number of nitro groups is 1. The number of hydrogen-bond donors (Lipinski definition) is 1. The standard InChI is InChI=1S/C13H14N2O4/c1-8(16)14-10-4-5-11-9(12(10)15(17)18)6-7-13(2,3)19-11/h4-7H,1-3H3,(H,14,16). The second-order valence-corrected chi connectivity index (χ2v) is 4.85. The van der Waals surface area contributed by atoms with Crippen molar-refractivity contribution in [3.05, 3.63) is 33.9 Å². The number of nitrogens with zero attached hydrogens (tertiary/aromatic N) is 1. The summed E-state index contributed by atoms with van der Waals surface area (Å²) in [5.74, 6) is 0.0809. The minimum absolute atomic E-state index is 0.153. The highest BCUT2D eigenvalue weighted by Crippen LogP contribution is 2.40. The van der Waals surface area contributed by atoms with Gasteiger partial charge >= 0.3 is 5.69 Å². The van der Waals surface area contributed by atoms with Crippen molar-refractivity contribution in [2.75, 3.05) is 5.32 Å². The number of fused-ring (bicyclic) bond motifs is 1. The fraction of sp³-hybridized carbons (Fsp3) is 0.308. The lowest BCUT2D eigenvalue weighted by Gasteiger charge is -2.27. The van der Waals surface area contributed by atoms with Crippen molar-refractivity contribution in [1.29, 1.82) is 0 Å². The Morgan fingerprint density at radius 1 is 1.42 bits per heavy atom. The number of benzene rings is 1. The van der Waals surface area contributed by atoms with Crippen LogP contribution in [0.5, 0.6) is 5.75 Å². The Bertz CT molecular complexity index is 591. The topological polar surface area (TPSA) is 81.5 Å². The molecule has 0 saturated heterocycles. The first-order chi connectivity index (χ1) is 8.80. The molecule has 0 aromatic heterocycles. The molecule has 1 amide bonds. The molecule has 0 atom stereocenters. The Labute approximate surface area is 110 Å². The quantitative estimate of drug-likeness (QED) is 0.656. The van der Waals surface area contributed by atoms with E-state index in [1.54, 1.807) is 18.2 Å². The van der Waals surface area contributed by atoms with Gasteiger partial charge in [0.1, 0.15) is 17.0 Å². The van der Waals surface area contributed by atoms with Gasteiger partial charge in [0, 0.05) is 6.92 Å². The molecule has 1 aromatic carbocycles. The zero-order valence-corrected chi connectivity index (χ0v) is 10.9. The third-order valence-electron chi connectivity index (χ3n) is 2.69. The Morgan fingerprint density at radius 2 is 2.11 bits per heavy atom. The average molecular weight is 262 g/mol. The highest BCUT2D eigenvalue weighted by Gasteiger charge is 2.29. The molecule has 1 N–H and O–H groups in total. The SMILES string of the molecule is CC(=O)Nc1ccc2c(c1[N+](=O)[O-])C=CC(C)(C)O2. The summed E-state index contributed by atoms with van der Waals surface area (Å²) in [5.41, 5.74) is -0.115. The van der Waals surface area contributed by atoms with Gasteiger partial charge in [-0.15, -0.1) is 0 Å². The van der Waals surface area contributed by atoms with Crippen LogP contribution in [0.15, 0.2) is 18.2 Å². The van der Waals surface area contributed by atoms with Gasteiger partial charge in [-0.3, -0.25) is 14.9 Å². The van der Waals surface area contributed by atoms with Gasteiger partial charge < -0.3 is 10.1 Å². The Balaban J connectivity index is 2.59. The maximum Gasteiger partial charge on any atom is 0.303 e. The molecule has 1 heterocycles. The van der Waals surface area contributed by atoms with Crippen molar-refractivity contribution >= 4 is 23.4 Å². The minimum Gasteiger partial charge on any atom is -0.483 e. The average Bonchev–Trinajstić information content (AvgIpc) is 2.26. The van der Waals surface area contributed by atoms with Crippen LogP contribution in [0.4, 0.5) is 11.4 Å². The molecule has 0 spiro atoms. The number of nitrogens with one attached hydrogen (secondary N) is 1. The largest absolute Gasteiger partial charge is 0.483 e. The van der Waals surface area contributed by atoms with Crippen molar-refractivity contribution in [2.24, 2.45) is 0 Å². The lowest BCUT2D eigenvalue weighted by atomic mass is 10.0. The highest BCUT2D eigenvalue weighted by atomic mass is 16.6. The molecule has 0 bridgehead atoms. The van der Waals surface area contributed by atoms with E-state index >= 15 is 0 Å². The van der Waals surface area contributed by atoms with Crippen molar-refractivity contribution in [2.45, 2.75) is 26.4 Å². The number of rotatable bonds is 2. The Hall–Kier alpha value is -2.37. The van der Waals surface area contributed by atoms with Gasteiger partial charge in [0.15, 0.2) is 0 Å². The first-order valence-corrected chi connectivity index (χ1v) is 5.77. The van der Waals surface area contributed by atoms with Crippen molar-refractivity contribution < 1.29 is 14.5 Å². The molecule has 1 aliphatic rings. The molecule has 0 fully saturated rings. The maximum atomic E-state index is 11.2. The Kier molecular flexibility index (Phi) is 3.01. The van der Waals surface area contributed by atoms with Crippen LogP contribution in [0, 0.1) is 10.1 Å². The van der Waals surface area contributed by atoms with Crippen molar-refractivity contribution in [3.8, 4) is 5.75 Å². The number of carbonyl (C=O) groups is 1. The predicted molar refractivity (Wildman–Crippen MR) is 71.1 cm³/mol. The molecule has 0 saturated carbocycles. The molecule has 100 valence electrons. The molecule has 0 aliphatic carbocycles. The molecule has 1 aromatic rings. The first-order valence-electron chi connectivity index (χ1n) is 5.77. The zero-order chi connectivity index (χ0) is 14.2. The number of hydrogen-bond acceptors (Lipinski definition) is 4. The highest BCUT2D eigenvalue weighted by molar-refractivity contribution is 5.93. The van der Waals surface area contributed by atoms with E-state index in [2.05, 4.69) is 5.32 Å². The maximum absolute atomic E-state index is 11.2. The van der Waals surface area contributed by atoms with E-state index in [4.69, 9.17) is 4.74 Å². The fourth-order valence-electron chi connectivity index (χ4n) is 1.93. The number of anilines is 1. The number of nitro benzene ring substituents is 1. The van der Waals surface area contributed by atoms with Crippen LogP contribution >= 0.6 is 0 Å². The summed E-state index contributed by atoms with van der Waals surface area (Å²) in [7, 11) is 0. The zero-order valence-electron chi connectivity index (χ0n) is 10.9. The van der Waals surface area contributed by atoms with E-state index in [9.17, 15) is 14.9 Å². The summed E-state index contributed by atoms with van der Waals surface area (Å²) in [6.45, 7) is 5.03. The molecule has 19 heavy (non-hydrogen) atoms. The monoisotopic (exact) mass is 262 g/mol. The summed E-state index contributed by atoms with van der Waals surface area (Å²) >= 11 is 0. The molecule has 0 unspecified atom stereocenters. The van der Waals surface area contributed by atoms with Gasteiger partial charge in [-0.05, 0) is 38.1 Å². The van der Waals surface area contributed by atoms with Gasteiger partial charge in [-0.25, -0.2) is 0 Å². The summed E-state index contributed by atoms with van der Waals surface area (Å²) in [6, 6.07) is 3.10. The van der Waals surface area contributed by atoms with E-state index in [-0.39, 0.29) is 17.3 Å². The van der Waals surface area contributed by atoms with E-state index in [0.29, 0.717) is 11.3 Å². The molecular formula is C13H14N2O4. The van der Waals surface area contributed by atoms with Gasteiger partial charge in [-0.2, -0.15) is 0 Å². The minimum atomic E-state index is -0.518. The first kappa shape index (κ1) is 13.1. The van der Waals surface area contributed by atoms with Crippen LogP contribution in [0.25, 0.3) is 6.08 Å². The fourth-order valence-corrected chi connectivity index (χ4v) is 1.93. The smallest absolute Gasteiger partial charge is 0.303 e.